The Hall–Kier alpha value is -3.52. The summed E-state index contributed by atoms with van der Waals surface area (Å²) in [4.78, 5) is 16.9. The Kier molecular flexibility index (Phi) is 6.91. The second-order valence-electron chi connectivity index (χ2n) is 7.22. The van der Waals surface area contributed by atoms with Crippen LogP contribution < -0.4 is 14.2 Å². The molecule has 7 nitrogen and oxygen atoms in total. The Balaban J connectivity index is 1.31. The molecule has 0 amide bonds. The number of benzene rings is 2. The molecule has 4 rings (SSSR count). The van der Waals surface area contributed by atoms with Crippen LogP contribution in [0.5, 0.6) is 17.2 Å². The van der Waals surface area contributed by atoms with Crippen LogP contribution in [0.3, 0.4) is 0 Å². The summed E-state index contributed by atoms with van der Waals surface area (Å²) >= 11 is 1.58. The Labute approximate surface area is 189 Å². The number of thiophene rings is 1. The highest BCUT2D eigenvalue weighted by Gasteiger charge is 2.26. The van der Waals surface area contributed by atoms with E-state index in [1.54, 1.807) is 11.3 Å². The molecule has 2 heterocycles. The quantitative estimate of drug-likeness (QED) is 0.354. The van der Waals surface area contributed by atoms with Gasteiger partial charge in [0.2, 0.25) is 0 Å². The van der Waals surface area contributed by atoms with Crippen LogP contribution in [0.25, 0.3) is 0 Å². The molecule has 1 atom stereocenters. The van der Waals surface area contributed by atoms with Crippen molar-refractivity contribution in [3.8, 4) is 17.2 Å². The van der Waals surface area contributed by atoms with Gasteiger partial charge >= 0.3 is 5.97 Å². The molecule has 0 saturated heterocycles. The summed E-state index contributed by atoms with van der Waals surface area (Å²) in [6, 6.07) is 17.1. The molecule has 0 radical (unpaired) electrons. The van der Waals surface area contributed by atoms with Crippen molar-refractivity contribution in [2.24, 2.45) is 5.16 Å². The minimum absolute atomic E-state index is 0.0633. The van der Waals surface area contributed by atoms with E-state index < -0.39 is 5.97 Å². The normalized spacial score (nSPS) is 15.0. The summed E-state index contributed by atoms with van der Waals surface area (Å²) in [5.41, 5.74) is 2.64. The SMILES string of the molecule is CON=C(COc1ccc(COc2ccc3c(c2)OCC3CC(=O)O)cc1)c1cccs1. The molecule has 0 fully saturated rings. The van der Waals surface area contributed by atoms with Gasteiger partial charge in [-0.3, -0.25) is 4.79 Å². The number of hydrogen-bond donors (Lipinski definition) is 1. The molecule has 0 spiro atoms. The highest BCUT2D eigenvalue weighted by molar-refractivity contribution is 7.12. The van der Waals surface area contributed by atoms with Crippen molar-refractivity contribution in [3.63, 3.8) is 0 Å². The first kappa shape index (κ1) is 21.7. The molecule has 0 bridgehead atoms. The van der Waals surface area contributed by atoms with Crippen LogP contribution in [-0.4, -0.2) is 37.1 Å². The van der Waals surface area contributed by atoms with Gasteiger partial charge in [-0.25, -0.2) is 0 Å². The van der Waals surface area contributed by atoms with Gasteiger partial charge in [-0.2, -0.15) is 0 Å². The van der Waals surface area contributed by atoms with Gasteiger partial charge < -0.3 is 24.2 Å². The molecule has 166 valence electrons. The molecule has 0 aliphatic carbocycles. The maximum absolute atomic E-state index is 11.0. The number of hydrogen-bond acceptors (Lipinski definition) is 7. The van der Waals surface area contributed by atoms with E-state index >= 15 is 0 Å². The molecular formula is C24H23NO6S. The number of aliphatic carboxylic acids is 1. The highest BCUT2D eigenvalue weighted by atomic mass is 32.1. The summed E-state index contributed by atoms with van der Waals surface area (Å²) in [7, 11) is 1.52. The minimum atomic E-state index is -0.826. The molecule has 1 unspecified atom stereocenters. The van der Waals surface area contributed by atoms with Crippen LogP contribution in [0.1, 0.15) is 28.3 Å². The number of carbonyl (C=O) groups is 1. The predicted molar refractivity (Wildman–Crippen MR) is 121 cm³/mol. The first-order valence-corrected chi connectivity index (χ1v) is 11.0. The van der Waals surface area contributed by atoms with Crippen LogP contribution >= 0.6 is 11.3 Å². The number of carboxylic acids is 1. The molecule has 1 aliphatic rings. The zero-order valence-corrected chi connectivity index (χ0v) is 18.3. The third kappa shape index (κ3) is 5.39. The average molecular weight is 454 g/mol. The number of oxime groups is 1. The molecule has 1 N–H and O–H groups in total. The van der Waals surface area contributed by atoms with Crippen LogP contribution in [0.15, 0.2) is 65.1 Å². The summed E-state index contributed by atoms with van der Waals surface area (Å²) in [5.74, 6) is 1.16. The van der Waals surface area contributed by atoms with Crippen LogP contribution in [0.4, 0.5) is 0 Å². The van der Waals surface area contributed by atoms with Crippen LogP contribution in [0, 0.1) is 0 Å². The molecule has 32 heavy (non-hydrogen) atoms. The molecule has 8 heteroatoms. The van der Waals surface area contributed by atoms with E-state index in [1.807, 2.05) is 60.0 Å². The van der Waals surface area contributed by atoms with Gasteiger partial charge in [0.15, 0.2) is 0 Å². The van der Waals surface area contributed by atoms with Crippen LogP contribution in [0.2, 0.25) is 0 Å². The van der Waals surface area contributed by atoms with Gasteiger partial charge in [-0.05, 0) is 35.2 Å². The molecule has 3 aromatic rings. The van der Waals surface area contributed by atoms with Crippen LogP contribution in [-0.2, 0) is 16.2 Å². The van der Waals surface area contributed by atoms with E-state index in [-0.39, 0.29) is 12.3 Å². The molecule has 1 aliphatic heterocycles. The molecular weight excluding hydrogens is 430 g/mol. The van der Waals surface area contributed by atoms with Gasteiger partial charge in [0.1, 0.15) is 43.3 Å². The largest absolute Gasteiger partial charge is 0.492 e. The maximum Gasteiger partial charge on any atom is 0.304 e. The monoisotopic (exact) mass is 453 g/mol. The zero-order chi connectivity index (χ0) is 22.3. The molecule has 1 aromatic heterocycles. The fourth-order valence-corrected chi connectivity index (χ4v) is 4.12. The average Bonchev–Trinajstić information content (AvgIpc) is 3.46. The highest BCUT2D eigenvalue weighted by Crippen LogP contribution is 2.38. The number of fused-ring (bicyclic) bond motifs is 1. The lowest BCUT2D eigenvalue weighted by Gasteiger charge is -2.10. The van der Waals surface area contributed by atoms with Crippen molar-refractivity contribution in [2.75, 3.05) is 20.3 Å². The summed E-state index contributed by atoms with van der Waals surface area (Å²) in [6.07, 6.45) is 0.0633. The summed E-state index contributed by atoms with van der Waals surface area (Å²) in [5, 5.41) is 15.0. The van der Waals surface area contributed by atoms with E-state index in [4.69, 9.17) is 24.2 Å². The van der Waals surface area contributed by atoms with Crippen molar-refractivity contribution in [1.82, 2.24) is 0 Å². The number of carboxylic acid groups (broad SMARTS) is 1. The number of ether oxygens (including phenoxy) is 3. The standard InChI is InChI=1S/C24H23NO6S/c1-28-25-21(23-3-2-10-32-23)15-30-18-6-4-16(5-7-18)13-29-19-8-9-20-17(11-24(26)27)14-31-22(20)12-19/h2-10,12,17H,11,13-15H2,1H3,(H,26,27). The van der Waals surface area contributed by atoms with Crippen molar-refractivity contribution < 1.29 is 28.9 Å². The number of rotatable bonds is 10. The van der Waals surface area contributed by atoms with Gasteiger partial charge in [-0.15, -0.1) is 11.3 Å². The first-order valence-electron chi connectivity index (χ1n) is 10.1. The van der Waals surface area contributed by atoms with Gasteiger partial charge in [0.05, 0.1) is 17.9 Å². The van der Waals surface area contributed by atoms with E-state index in [0.717, 1.165) is 27.5 Å². The van der Waals surface area contributed by atoms with E-state index in [0.29, 0.717) is 31.3 Å². The lowest BCUT2D eigenvalue weighted by molar-refractivity contribution is -0.137. The third-order valence-corrected chi connectivity index (χ3v) is 5.92. The Morgan fingerprint density at radius 3 is 2.69 bits per heavy atom. The maximum atomic E-state index is 11.0. The Morgan fingerprint density at radius 2 is 1.97 bits per heavy atom. The fraction of sp³-hybridized carbons (Fsp3) is 0.250. The second kappa shape index (κ2) is 10.2. The van der Waals surface area contributed by atoms with E-state index in [9.17, 15) is 4.79 Å². The van der Waals surface area contributed by atoms with Crippen molar-refractivity contribution in [3.05, 3.63) is 76.0 Å². The molecule has 2 aromatic carbocycles. The Bertz CT molecular complexity index is 1080. The molecule has 0 saturated carbocycles. The predicted octanol–water partition coefficient (Wildman–Crippen LogP) is 4.71. The van der Waals surface area contributed by atoms with Crippen molar-refractivity contribution in [1.29, 1.82) is 0 Å². The van der Waals surface area contributed by atoms with Crippen molar-refractivity contribution in [2.45, 2.75) is 18.9 Å². The Morgan fingerprint density at radius 1 is 1.16 bits per heavy atom. The lowest BCUT2D eigenvalue weighted by Crippen LogP contribution is -2.12. The smallest absolute Gasteiger partial charge is 0.304 e. The van der Waals surface area contributed by atoms with Gasteiger partial charge in [0, 0.05) is 17.5 Å². The summed E-state index contributed by atoms with van der Waals surface area (Å²) in [6.45, 7) is 1.08. The third-order valence-electron chi connectivity index (χ3n) is 5.00. The summed E-state index contributed by atoms with van der Waals surface area (Å²) < 4.78 is 17.4. The van der Waals surface area contributed by atoms with Gasteiger partial charge in [0.25, 0.3) is 0 Å². The van der Waals surface area contributed by atoms with Gasteiger partial charge in [-0.1, -0.05) is 29.4 Å². The topological polar surface area (TPSA) is 86.6 Å². The number of nitrogens with zero attached hydrogens (tertiary/aromatic N) is 1. The van der Waals surface area contributed by atoms with Crippen molar-refractivity contribution >= 4 is 23.0 Å². The lowest BCUT2D eigenvalue weighted by atomic mass is 9.98. The van der Waals surface area contributed by atoms with E-state index in [1.165, 1.54) is 7.11 Å². The minimum Gasteiger partial charge on any atom is -0.492 e. The first-order chi connectivity index (χ1) is 15.6. The zero-order valence-electron chi connectivity index (χ0n) is 17.5. The second-order valence-corrected chi connectivity index (χ2v) is 8.17. The van der Waals surface area contributed by atoms with E-state index in [2.05, 4.69) is 5.16 Å². The fourth-order valence-electron chi connectivity index (χ4n) is 3.42.